The summed E-state index contributed by atoms with van der Waals surface area (Å²) in [6, 6.07) is -0.618. The van der Waals surface area contributed by atoms with Crippen molar-refractivity contribution in [2.24, 2.45) is 0 Å². The van der Waals surface area contributed by atoms with Gasteiger partial charge in [0.05, 0.1) is 18.8 Å². The lowest BCUT2D eigenvalue weighted by atomic mass is 10.0. The van der Waals surface area contributed by atoms with Gasteiger partial charge in [-0.3, -0.25) is 4.79 Å². The van der Waals surface area contributed by atoms with Gasteiger partial charge in [-0.15, -0.1) is 0 Å². The van der Waals surface area contributed by atoms with Gasteiger partial charge in [-0.1, -0.05) is 205 Å². The van der Waals surface area contributed by atoms with Gasteiger partial charge in [-0.2, -0.15) is 0 Å². The Morgan fingerprint density at radius 2 is 0.792 bits per heavy atom. The molecule has 0 fully saturated rings. The molecule has 2 unspecified atom stereocenters. The minimum atomic E-state index is -0.835. The molecule has 0 aromatic heterocycles. The first kappa shape index (κ1) is 46.9. The molecular formula is C44H85NO3. The zero-order chi connectivity index (χ0) is 35.0. The van der Waals surface area contributed by atoms with E-state index in [1.807, 2.05) is 6.08 Å². The fourth-order valence-electron chi connectivity index (χ4n) is 6.58. The molecule has 284 valence electrons. The van der Waals surface area contributed by atoms with Crippen molar-refractivity contribution >= 4 is 5.91 Å². The van der Waals surface area contributed by atoms with Crippen LogP contribution in [0.5, 0.6) is 0 Å². The molecule has 0 aliphatic carbocycles. The smallest absolute Gasteiger partial charge is 0.220 e. The molecule has 48 heavy (non-hydrogen) atoms. The summed E-state index contributed by atoms with van der Waals surface area (Å²) in [4.78, 5) is 12.4. The number of hydrogen-bond donors (Lipinski definition) is 3. The van der Waals surface area contributed by atoms with Crippen LogP contribution in [0.3, 0.4) is 0 Å². The Bertz CT molecular complexity index is 691. The van der Waals surface area contributed by atoms with Gasteiger partial charge in [-0.05, 0) is 44.9 Å². The first-order chi connectivity index (χ1) is 23.7. The lowest BCUT2D eigenvalue weighted by Gasteiger charge is -2.20. The van der Waals surface area contributed by atoms with E-state index < -0.39 is 12.1 Å². The quantitative estimate of drug-likeness (QED) is 0.0448. The maximum Gasteiger partial charge on any atom is 0.220 e. The number of unbranched alkanes of at least 4 members (excludes halogenated alkanes) is 30. The van der Waals surface area contributed by atoms with E-state index >= 15 is 0 Å². The number of rotatable bonds is 39. The molecule has 0 rings (SSSR count). The van der Waals surface area contributed by atoms with E-state index in [0.717, 1.165) is 25.7 Å². The van der Waals surface area contributed by atoms with Crippen LogP contribution in [0.15, 0.2) is 24.3 Å². The van der Waals surface area contributed by atoms with Gasteiger partial charge in [0.15, 0.2) is 0 Å². The zero-order valence-electron chi connectivity index (χ0n) is 32.5. The highest BCUT2D eigenvalue weighted by Gasteiger charge is 2.17. The molecule has 2 atom stereocenters. The van der Waals surface area contributed by atoms with Crippen molar-refractivity contribution in [1.82, 2.24) is 5.32 Å². The second-order valence-corrected chi connectivity index (χ2v) is 14.8. The normalized spacial score (nSPS) is 13.2. The van der Waals surface area contributed by atoms with Crippen LogP contribution in [-0.4, -0.2) is 34.9 Å². The Morgan fingerprint density at radius 3 is 1.15 bits per heavy atom. The number of aliphatic hydroxyl groups is 2. The average Bonchev–Trinajstić information content (AvgIpc) is 3.09. The molecule has 0 aromatic carbocycles. The van der Waals surface area contributed by atoms with Crippen LogP contribution < -0.4 is 5.32 Å². The maximum absolute atomic E-state index is 12.4. The number of allylic oxidation sites excluding steroid dienone is 3. The molecule has 0 heterocycles. The molecule has 0 saturated heterocycles. The Morgan fingerprint density at radius 1 is 0.479 bits per heavy atom. The van der Waals surface area contributed by atoms with Gasteiger partial charge in [0.1, 0.15) is 0 Å². The Hall–Kier alpha value is -1.13. The van der Waals surface area contributed by atoms with Crippen LogP contribution in [0, 0.1) is 0 Å². The third kappa shape index (κ3) is 36.2. The number of hydrogen-bond acceptors (Lipinski definition) is 3. The van der Waals surface area contributed by atoms with E-state index in [1.54, 1.807) is 6.08 Å². The minimum Gasteiger partial charge on any atom is -0.394 e. The van der Waals surface area contributed by atoms with E-state index in [9.17, 15) is 15.0 Å². The molecule has 0 bridgehead atoms. The highest BCUT2D eigenvalue weighted by Crippen LogP contribution is 2.15. The van der Waals surface area contributed by atoms with Crippen molar-refractivity contribution in [1.29, 1.82) is 0 Å². The molecule has 0 spiro atoms. The van der Waals surface area contributed by atoms with Crippen LogP contribution in [0.2, 0.25) is 0 Å². The highest BCUT2D eigenvalue weighted by atomic mass is 16.3. The SMILES string of the molecule is CCCCCCCCCC/C=C\CCCCCCCCCCCCCC(=O)NC(CO)C(O)/C=C/CCCCCCCCCCCCC. The summed E-state index contributed by atoms with van der Waals surface area (Å²) >= 11 is 0. The lowest BCUT2D eigenvalue weighted by molar-refractivity contribution is -0.123. The molecule has 4 heteroatoms. The Balaban J connectivity index is 3.52. The van der Waals surface area contributed by atoms with Gasteiger partial charge in [-0.25, -0.2) is 0 Å². The van der Waals surface area contributed by atoms with Gasteiger partial charge in [0.25, 0.3) is 0 Å². The van der Waals surface area contributed by atoms with E-state index in [1.165, 1.54) is 186 Å². The van der Waals surface area contributed by atoms with E-state index in [4.69, 9.17) is 0 Å². The fourth-order valence-corrected chi connectivity index (χ4v) is 6.58. The third-order valence-electron chi connectivity index (χ3n) is 9.93. The van der Waals surface area contributed by atoms with Gasteiger partial charge in [0.2, 0.25) is 5.91 Å². The molecule has 4 nitrogen and oxygen atoms in total. The highest BCUT2D eigenvalue weighted by molar-refractivity contribution is 5.76. The largest absolute Gasteiger partial charge is 0.394 e. The molecule has 3 N–H and O–H groups in total. The van der Waals surface area contributed by atoms with Crippen molar-refractivity contribution in [3.8, 4) is 0 Å². The summed E-state index contributed by atoms with van der Waals surface area (Å²) in [5, 5.41) is 23.0. The monoisotopic (exact) mass is 676 g/mol. The van der Waals surface area contributed by atoms with Crippen LogP contribution in [0.4, 0.5) is 0 Å². The number of amides is 1. The van der Waals surface area contributed by atoms with Crippen LogP contribution >= 0.6 is 0 Å². The summed E-state index contributed by atoms with van der Waals surface area (Å²) in [5.74, 6) is -0.0640. The second-order valence-electron chi connectivity index (χ2n) is 14.8. The summed E-state index contributed by atoms with van der Waals surface area (Å²) < 4.78 is 0. The molecule has 0 saturated carbocycles. The third-order valence-corrected chi connectivity index (χ3v) is 9.93. The first-order valence-corrected chi connectivity index (χ1v) is 21.6. The summed E-state index contributed by atoms with van der Waals surface area (Å²) in [7, 11) is 0. The predicted molar refractivity (Wildman–Crippen MR) is 212 cm³/mol. The number of carbonyl (C=O) groups is 1. The van der Waals surface area contributed by atoms with Crippen molar-refractivity contribution in [2.45, 2.75) is 244 Å². The van der Waals surface area contributed by atoms with E-state index in [2.05, 4.69) is 31.3 Å². The summed E-state index contributed by atoms with van der Waals surface area (Å²) in [6.45, 7) is 4.31. The van der Waals surface area contributed by atoms with Crippen molar-refractivity contribution < 1.29 is 15.0 Å². The lowest BCUT2D eigenvalue weighted by Crippen LogP contribution is -2.45. The molecule has 0 aliphatic heterocycles. The van der Waals surface area contributed by atoms with Crippen molar-refractivity contribution in [2.75, 3.05) is 6.61 Å². The standard InChI is InChI=1S/C44H85NO3/c1-3-5-7-9-11-13-15-17-18-19-20-21-22-23-24-25-26-28-30-32-34-36-38-40-44(48)45-42(41-46)43(47)39-37-35-33-31-29-27-16-14-12-10-8-6-4-2/h19-20,37,39,42-43,46-47H,3-18,21-36,38,40-41H2,1-2H3,(H,45,48)/b20-19-,39-37+. The first-order valence-electron chi connectivity index (χ1n) is 21.6. The predicted octanol–water partition coefficient (Wildman–Crippen LogP) is 13.2. The zero-order valence-corrected chi connectivity index (χ0v) is 32.5. The number of nitrogens with one attached hydrogen (secondary N) is 1. The molecule has 0 aromatic rings. The number of aliphatic hydroxyl groups excluding tert-OH is 2. The van der Waals surface area contributed by atoms with E-state index in [-0.39, 0.29) is 12.5 Å². The molecule has 1 amide bonds. The summed E-state index contributed by atoms with van der Waals surface area (Å²) in [6.07, 6.45) is 51.4. The molecule has 0 radical (unpaired) electrons. The van der Waals surface area contributed by atoms with Crippen LogP contribution in [-0.2, 0) is 4.79 Å². The summed E-state index contributed by atoms with van der Waals surface area (Å²) in [5.41, 5.74) is 0. The fraction of sp³-hybridized carbons (Fsp3) is 0.886. The molecule has 0 aliphatic rings. The maximum atomic E-state index is 12.4. The topological polar surface area (TPSA) is 69.6 Å². The van der Waals surface area contributed by atoms with Gasteiger partial charge in [0, 0.05) is 6.42 Å². The van der Waals surface area contributed by atoms with Crippen molar-refractivity contribution in [3.05, 3.63) is 24.3 Å². The van der Waals surface area contributed by atoms with Crippen LogP contribution in [0.1, 0.15) is 232 Å². The van der Waals surface area contributed by atoms with Gasteiger partial charge >= 0.3 is 0 Å². The average molecular weight is 676 g/mol. The van der Waals surface area contributed by atoms with Crippen LogP contribution in [0.25, 0.3) is 0 Å². The minimum absolute atomic E-state index is 0.0640. The number of carbonyl (C=O) groups excluding carboxylic acids is 1. The van der Waals surface area contributed by atoms with Gasteiger partial charge < -0.3 is 15.5 Å². The molecular weight excluding hydrogens is 590 g/mol. The van der Waals surface area contributed by atoms with Crippen molar-refractivity contribution in [3.63, 3.8) is 0 Å². The Labute approximate surface area is 300 Å². The van der Waals surface area contributed by atoms with E-state index in [0.29, 0.717) is 6.42 Å². The Kier molecular flexibility index (Phi) is 39.4. The second kappa shape index (κ2) is 40.3.